The van der Waals surface area contributed by atoms with E-state index in [-0.39, 0.29) is 23.1 Å². The lowest BCUT2D eigenvalue weighted by Gasteiger charge is -2.20. The summed E-state index contributed by atoms with van der Waals surface area (Å²) < 4.78 is 47.0. The van der Waals surface area contributed by atoms with Crippen molar-refractivity contribution in [3.63, 3.8) is 0 Å². The Labute approximate surface area is 126 Å². The summed E-state index contributed by atoms with van der Waals surface area (Å²) in [4.78, 5) is 12.3. The second kappa shape index (κ2) is 5.76. The van der Waals surface area contributed by atoms with Crippen LogP contribution in [-0.4, -0.2) is 11.7 Å². The summed E-state index contributed by atoms with van der Waals surface area (Å²) in [5.41, 5.74) is -0.736. The Bertz CT molecular complexity index is 761. The zero-order valence-electron chi connectivity index (χ0n) is 12.9. The van der Waals surface area contributed by atoms with Gasteiger partial charge in [-0.05, 0) is 23.6 Å². The third-order valence-corrected chi connectivity index (χ3v) is 3.67. The molecule has 0 radical (unpaired) electrons. The van der Waals surface area contributed by atoms with E-state index in [0.29, 0.717) is 5.56 Å². The van der Waals surface area contributed by atoms with E-state index < -0.39 is 23.2 Å². The van der Waals surface area contributed by atoms with Crippen molar-refractivity contribution in [3.05, 3.63) is 45.2 Å². The molecule has 1 aromatic carbocycles. The molecular formula is C16H18F3NO2. The van der Waals surface area contributed by atoms with Crippen LogP contribution < -0.4 is 5.56 Å². The molecule has 0 atom stereocenters. The molecule has 0 N–H and O–H groups in total. The fourth-order valence-electron chi connectivity index (χ4n) is 2.72. The molecule has 0 unspecified atom stereocenters. The zero-order valence-corrected chi connectivity index (χ0v) is 12.9. The molecule has 0 fully saturated rings. The van der Waals surface area contributed by atoms with E-state index in [1.807, 2.05) is 0 Å². The highest BCUT2D eigenvalue weighted by Gasteiger charge is 2.38. The Morgan fingerprint density at radius 1 is 1.27 bits per heavy atom. The van der Waals surface area contributed by atoms with Crippen LogP contribution in [0, 0.1) is 0 Å². The molecule has 0 saturated carbocycles. The van der Waals surface area contributed by atoms with Crippen LogP contribution in [0.5, 0.6) is 0 Å². The number of methoxy groups -OCH3 is 1. The Hall–Kier alpha value is -1.82. The Morgan fingerprint density at radius 2 is 1.91 bits per heavy atom. The highest BCUT2D eigenvalue weighted by molar-refractivity contribution is 5.85. The molecule has 3 nitrogen and oxygen atoms in total. The Kier molecular flexibility index (Phi) is 4.33. The molecule has 0 aliphatic rings. The van der Waals surface area contributed by atoms with Gasteiger partial charge in [0, 0.05) is 25.1 Å². The van der Waals surface area contributed by atoms with Gasteiger partial charge in [-0.1, -0.05) is 19.9 Å². The number of halogens is 3. The van der Waals surface area contributed by atoms with Crippen LogP contribution in [0.2, 0.25) is 0 Å². The zero-order chi connectivity index (χ0) is 16.7. The standard InChI is InChI=1S/C16H18F3NO2/c1-9(2)13-14(16(17,18)19)11-7-10(8-22-4)5-6-12(11)20(3)15(13)21/h5-7,9H,8H2,1-4H3. The molecule has 0 saturated heterocycles. The van der Waals surface area contributed by atoms with Crippen LogP contribution in [-0.2, 0) is 24.6 Å². The number of rotatable bonds is 3. The first kappa shape index (κ1) is 16.5. The van der Waals surface area contributed by atoms with Gasteiger partial charge in [0.15, 0.2) is 0 Å². The van der Waals surface area contributed by atoms with Gasteiger partial charge in [0.2, 0.25) is 0 Å². The Morgan fingerprint density at radius 3 is 2.41 bits per heavy atom. The third-order valence-electron chi connectivity index (χ3n) is 3.67. The minimum Gasteiger partial charge on any atom is -0.380 e. The number of pyridine rings is 1. The summed E-state index contributed by atoms with van der Waals surface area (Å²) in [6.07, 6.45) is -4.59. The minimum absolute atomic E-state index is 0.0350. The van der Waals surface area contributed by atoms with E-state index in [1.165, 1.54) is 30.9 Å². The Balaban J connectivity index is 3.00. The van der Waals surface area contributed by atoms with Crippen LogP contribution in [0.4, 0.5) is 13.2 Å². The van der Waals surface area contributed by atoms with Gasteiger partial charge in [-0.2, -0.15) is 13.2 Å². The van der Waals surface area contributed by atoms with Gasteiger partial charge in [-0.25, -0.2) is 0 Å². The summed E-state index contributed by atoms with van der Waals surface area (Å²) in [7, 11) is 2.97. The van der Waals surface area contributed by atoms with Crippen molar-refractivity contribution in [1.29, 1.82) is 0 Å². The van der Waals surface area contributed by atoms with Crippen LogP contribution in [0.25, 0.3) is 10.9 Å². The molecule has 0 bridgehead atoms. The van der Waals surface area contributed by atoms with Gasteiger partial charge in [-0.3, -0.25) is 4.79 Å². The topological polar surface area (TPSA) is 31.2 Å². The van der Waals surface area contributed by atoms with Gasteiger partial charge in [-0.15, -0.1) is 0 Å². The maximum Gasteiger partial charge on any atom is 0.417 e. The highest BCUT2D eigenvalue weighted by atomic mass is 19.4. The van der Waals surface area contributed by atoms with Crippen molar-refractivity contribution in [2.75, 3.05) is 7.11 Å². The largest absolute Gasteiger partial charge is 0.417 e. The minimum atomic E-state index is -4.59. The molecule has 2 rings (SSSR count). The van der Waals surface area contributed by atoms with Crippen LogP contribution in [0.15, 0.2) is 23.0 Å². The fourth-order valence-corrected chi connectivity index (χ4v) is 2.72. The SMILES string of the molecule is COCc1ccc2c(c1)c(C(F)(F)F)c(C(C)C)c(=O)n2C. The first-order chi connectivity index (χ1) is 10.2. The summed E-state index contributed by atoms with van der Waals surface area (Å²) in [6, 6.07) is 4.65. The van der Waals surface area contributed by atoms with Crippen molar-refractivity contribution in [3.8, 4) is 0 Å². The quantitative estimate of drug-likeness (QED) is 0.862. The fraction of sp³-hybridized carbons (Fsp3) is 0.438. The van der Waals surface area contributed by atoms with Crippen molar-refractivity contribution < 1.29 is 17.9 Å². The summed E-state index contributed by atoms with van der Waals surface area (Å²) >= 11 is 0. The molecule has 120 valence electrons. The number of nitrogens with zero attached hydrogens (tertiary/aromatic N) is 1. The molecule has 22 heavy (non-hydrogen) atoms. The lowest BCUT2D eigenvalue weighted by atomic mass is 9.94. The summed E-state index contributed by atoms with van der Waals surface area (Å²) in [5.74, 6) is -0.522. The molecule has 1 aromatic heterocycles. The van der Waals surface area contributed by atoms with E-state index in [1.54, 1.807) is 19.9 Å². The van der Waals surface area contributed by atoms with Crippen molar-refractivity contribution in [1.82, 2.24) is 4.57 Å². The monoisotopic (exact) mass is 313 g/mol. The number of hydrogen-bond acceptors (Lipinski definition) is 2. The predicted octanol–water partition coefficient (Wildman–Crippen LogP) is 3.83. The summed E-state index contributed by atoms with van der Waals surface area (Å²) in [6.45, 7) is 3.40. The molecule has 0 aliphatic carbocycles. The molecule has 0 aliphatic heterocycles. The predicted molar refractivity (Wildman–Crippen MR) is 79.0 cm³/mol. The molecular weight excluding hydrogens is 295 g/mol. The molecule has 0 spiro atoms. The molecule has 0 amide bonds. The third kappa shape index (κ3) is 2.75. The number of alkyl halides is 3. The van der Waals surface area contributed by atoms with Crippen molar-refractivity contribution >= 4 is 10.9 Å². The number of aromatic nitrogens is 1. The number of ether oxygens (including phenoxy) is 1. The first-order valence-electron chi connectivity index (χ1n) is 6.90. The number of hydrogen-bond donors (Lipinski definition) is 0. The second-order valence-electron chi connectivity index (χ2n) is 5.59. The average Bonchev–Trinajstić information content (AvgIpc) is 2.41. The van der Waals surface area contributed by atoms with Crippen LogP contribution >= 0.6 is 0 Å². The van der Waals surface area contributed by atoms with Crippen molar-refractivity contribution in [2.45, 2.75) is 32.5 Å². The lowest BCUT2D eigenvalue weighted by molar-refractivity contribution is -0.137. The second-order valence-corrected chi connectivity index (χ2v) is 5.59. The molecule has 1 heterocycles. The van der Waals surface area contributed by atoms with Crippen molar-refractivity contribution in [2.24, 2.45) is 7.05 Å². The number of fused-ring (bicyclic) bond motifs is 1. The smallest absolute Gasteiger partial charge is 0.380 e. The van der Waals surface area contributed by atoms with Crippen LogP contribution in [0.3, 0.4) is 0 Å². The average molecular weight is 313 g/mol. The summed E-state index contributed by atoms with van der Waals surface area (Å²) in [5, 5.41) is 0.0350. The van der Waals surface area contributed by atoms with Gasteiger partial charge in [0.1, 0.15) is 0 Å². The van der Waals surface area contributed by atoms with E-state index in [2.05, 4.69) is 0 Å². The van der Waals surface area contributed by atoms with E-state index in [0.717, 1.165) is 0 Å². The maximum atomic E-state index is 13.6. The van der Waals surface area contributed by atoms with Gasteiger partial charge >= 0.3 is 6.18 Å². The van der Waals surface area contributed by atoms with E-state index in [9.17, 15) is 18.0 Å². The van der Waals surface area contributed by atoms with Gasteiger partial charge in [0.05, 0.1) is 17.7 Å². The first-order valence-corrected chi connectivity index (χ1v) is 6.90. The number of benzene rings is 1. The number of aryl methyl sites for hydroxylation is 1. The maximum absolute atomic E-state index is 13.6. The lowest BCUT2D eigenvalue weighted by Crippen LogP contribution is -2.28. The molecule has 6 heteroatoms. The van der Waals surface area contributed by atoms with Gasteiger partial charge in [0.25, 0.3) is 5.56 Å². The van der Waals surface area contributed by atoms with Gasteiger partial charge < -0.3 is 9.30 Å². The highest BCUT2D eigenvalue weighted by Crippen LogP contribution is 2.38. The normalized spacial score (nSPS) is 12.4. The molecule has 2 aromatic rings. The van der Waals surface area contributed by atoms with E-state index >= 15 is 0 Å². The van der Waals surface area contributed by atoms with Crippen LogP contribution in [0.1, 0.15) is 36.5 Å². The van der Waals surface area contributed by atoms with E-state index in [4.69, 9.17) is 4.74 Å².